The lowest BCUT2D eigenvalue weighted by Crippen LogP contribution is -2.40. The van der Waals surface area contributed by atoms with Crippen LogP contribution >= 0.6 is 0 Å². The van der Waals surface area contributed by atoms with Crippen molar-refractivity contribution in [3.63, 3.8) is 0 Å². The molecule has 20 heavy (non-hydrogen) atoms. The molecule has 2 heteroatoms. The molecule has 2 fully saturated rings. The van der Waals surface area contributed by atoms with Crippen molar-refractivity contribution in [3.05, 3.63) is 29.3 Å². The number of fused-ring (bicyclic) bond motifs is 5. The van der Waals surface area contributed by atoms with Crippen LogP contribution in [0, 0.1) is 17.8 Å². The van der Waals surface area contributed by atoms with Crippen LogP contribution in [0.3, 0.4) is 0 Å². The van der Waals surface area contributed by atoms with Crippen LogP contribution in [0.4, 0.5) is 0 Å². The van der Waals surface area contributed by atoms with E-state index in [0.717, 1.165) is 18.8 Å². The van der Waals surface area contributed by atoms with Crippen molar-refractivity contribution in [1.82, 2.24) is 0 Å². The largest absolute Gasteiger partial charge is 0.508 e. The van der Waals surface area contributed by atoms with E-state index in [0.29, 0.717) is 23.5 Å². The standard InChI is InChI=1S/C18H24O2/c1-18(20)9-8-16-15-4-2-11-10-12(19)3-5-13(11)14(15)6-7-17(16)18/h3,5,10,14-17,19-20H,2,4,6-9H2,1H3/t14-,15-,16+,17+,18+/m1/s1. The van der Waals surface area contributed by atoms with Crippen LogP contribution < -0.4 is 0 Å². The zero-order chi connectivity index (χ0) is 13.9. The van der Waals surface area contributed by atoms with Gasteiger partial charge in [-0.2, -0.15) is 0 Å². The van der Waals surface area contributed by atoms with Crippen molar-refractivity contribution in [3.8, 4) is 5.75 Å². The van der Waals surface area contributed by atoms with E-state index >= 15 is 0 Å². The summed E-state index contributed by atoms with van der Waals surface area (Å²) in [6, 6.07) is 5.95. The summed E-state index contributed by atoms with van der Waals surface area (Å²) in [6.07, 6.45) is 6.88. The van der Waals surface area contributed by atoms with Crippen molar-refractivity contribution in [1.29, 1.82) is 0 Å². The summed E-state index contributed by atoms with van der Waals surface area (Å²) in [5, 5.41) is 20.2. The molecule has 0 heterocycles. The van der Waals surface area contributed by atoms with Gasteiger partial charge in [-0.25, -0.2) is 0 Å². The molecule has 0 aliphatic heterocycles. The minimum atomic E-state index is -0.426. The normalized spacial score (nSPS) is 42.7. The second kappa shape index (κ2) is 4.24. The van der Waals surface area contributed by atoms with Gasteiger partial charge in [0, 0.05) is 0 Å². The predicted molar refractivity (Wildman–Crippen MR) is 78.7 cm³/mol. The molecule has 2 N–H and O–H groups in total. The van der Waals surface area contributed by atoms with E-state index in [2.05, 4.69) is 6.07 Å². The molecular formula is C18H24O2. The Morgan fingerprint density at radius 2 is 1.95 bits per heavy atom. The SMILES string of the molecule is C[C@]1(O)CC[C@H]2[C@@H]3CCc4cc(O)ccc4[C@H]3CC[C@@H]21. The average molecular weight is 272 g/mol. The van der Waals surface area contributed by atoms with Gasteiger partial charge in [0.1, 0.15) is 5.75 Å². The summed E-state index contributed by atoms with van der Waals surface area (Å²) < 4.78 is 0. The van der Waals surface area contributed by atoms with Gasteiger partial charge in [0.05, 0.1) is 5.60 Å². The number of hydrogen-bond acceptors (Lipinski definition) is 2. The fourth-order valence-electron chi connectivity index (χ4n) is 5.51. The molecule has 2 nitrogen and oxygen atoms in total. The molecule has 0 saturated heterocycles. The molecule has 0 radical (unpaired) electrons. The summed E-state index contributed by atoms with van der Waals surface area (Å²) in [5.74, 6) is 3.04. The maximum atomic E-state index is 10.6. The second-order valence-corrected chi connectivity index (χ2v) is 7.44. The van der Waals surface area contributed by atoms with Crippen molar-refractivity contribution in [2.75, 3.05) is 0 Å². The molecule has 0 bridgehead atoms. The van der Waals surface area contributed by atoms with E-state index in [9.17, 15) is 10.2 Å². The Morgan fingerprint density at radius 3 is 2.80 bits per heavy atom. The lowest BCUT2D eigenvalue weighted by Gasteiger charge is -2.46. The third-order valence-electron chi connectivity index (χ3n) is 6.43. The van der Waals surface area contributed by atoms with Crippen LogP contribution in [0.15, 0.2) is 18.2 Å². The first-order valence-electron chi connectivity index (χ1n) is 8.10. The van der Waals surface area contributed by atoms with Crippen molar-refractivity contribution >= 4 is 0 Å². The fraction of sp³-hybridized carbons (Fsp3) is 0.667. The Hall–Kier alpha value is -1.02. The van der Waals surface area contributed by atoms with Gasteiger partial charge < -0.3 is 10.2 Å². The summed E-state index contributed by atoms with van der Waals surface area (Å²) >= 11 is 0. The number of benzene rings is 1. The molecule has 3 aliphatic rings. The third kappa shape index (κ3) is 1.74. The second-order valence-electron chi connectivity index (χ2n) is 7.44. The minimum Gasteiger partial charge on any atom is -0.508 e. The highest BCUT2D eigenvalue weighted by Gasteiger charge is 2.51. The molecule has 2 saturated carbocycles. The molecule has 108 valence electrons. The van der Waals surface area contributed by atoms with E-state index in [4.69, 9.17) is 0 Å². The monoisotopic (exact) mass is 272 g/mol. The molecule has 0 spiro atoms. The summed E-state index contributed by atoms with van der Waals surface area (Å²) in [7, 11) is 0. The number of aliphatic hydroxyl groups is 1. The van der Waals surface area contributed by atoms with Crippen LogP contribution in [0.1, 0.15) is 56.1 Å². The number of hydrogen-bond donors (Lipinski definition) is 2. The molecule has 4 rings (SSSR count). The van der Waals surface area contributed by atoms with Gasteiger partial charge in [-0.05, 0) is 92.4 Å². The van der Waals surface area contributed by atoms with E-state index in [1.807, 2.05) is 19.1 Å². The maximum Gasteiger partial charge on any atom is 0.115 e. The Labute approximate surface area is 120 Å². The first-order valence-corrected chi connectivity index (χ1v) is 8.10. The van der Waals surface area contributed by atoms with E-state index < -0.39 is 5.60 Å². The number of phenols is 1. The van der Waals surface area contributed by atoms with Gasteiger partial charge in [0.15, 0.2) is 0 Å². The molecule has 0 unspecified atom stereocenters. The fourth-order valence-corrected chi connectivity index (χ4v) is 5.51. The zero-order valence-corrected chi connectivity index (χ0v) is 12.2. The molecular weight excluding hydrogens is 248 g/mol. The predicted octanol–water partition coefficient (Wildman–Crippen LogP) is 3.61. The molecule has 0 aromatic heterocycles. The van der Waals surface area contributed by atoms with E-state index in [-0.39, 0.29) is 0 Å². The summed E-state index contributed by atoms with van der Waals surface area (Å²) in [4.78, 5) is 0. The quantitative estimate of drug-likeness (QED) is 0.757. The average Bonchev–Trinajstić information content (AvgIpc) is 2.74. The molecule has 3 aliphatic carbocycles. The van der Waals surface area contributed by atoms with Crippen LogP contribution in [0.2, 0.25) is 0 Å². The highest BCUT2D eigenvalue weighted by atomic mass is 16.3. The number of aryl methyl sites for hydroxylation is 1. The Kier molecular flexibility index (Phi) is 2.69. The number of aromatic hydroxyl groups is 1. The first kappa shape index (κ1) is 12.7. The topological polar surface area (TPSA) is 40.5 Å². The van der Waals surface area contributed by atoms with E-state index in [1.165, 1.54) is 36.8 Å². The zero-order valence-electron chi connectivity index (χ0n) is 12.2. The van der Waals surface area contributed by atoms with Crippen LogP contribution in [0.5, 0.6) is 5.75 Å². The van der Waals surface area contributed by atoms with Gasteiger partial charge >= 0.3 is 0 Å². The van der Waals surface area contributed by atoms with Crippen molar-refractivity contribution in [2.45, 2.75) is 57.0 Å². The lowest BCUT2D eigenvalue weighted by molar-refractivity contribution is -0.0204. The Balaban J connectivity index is 1.68. The number of rotatable bonds is 0. The maximum absolute atomic E-state index is 10.6. The third-order valence-corrected chi connectivity index (χ3v) is 6.43. The van der Waals surface area contributed by atoms with Gasteiger partial charge in [-0.15, -0.1) is 0 Å². The highest BCUT2D eigenvalue weighted by molar-refractivity contribution is 5.40. The van der Waals surface area contributed by atoms with Crippen LogP contribution in [-0.2, 0) is 6.42 Å². The Morgan fingerprint density at radius 1 is 1.10 bits per heavy atom. The summed E-state index contributed by atoms with van der Waals surface area (Å²) in [5.41, 5.74) is 2.41. The van der Waals surface area contributed by atoms with E-state index in [1.54, 1.807) is 0 Å². The summed E-state index contributed by atoms with van der Waals surface area (Å²) in [6.45, 7) is 2.05. The lowest BCUT2D eigenvalue weighted by atomic mass is 9.59. The molecule has 5 atom stereocenters. The molecule has 0 amide bonds. The van der Waals surface area contributed by atoms with Gasteiger partial charge in [-0.3, -0.25) is 0 Å². The number of phenolic OH excluding ortho intramolecular Hbond substituents is 1. The van der Waals surface area contributed by atoms with Crippen molar-refractivity contribution < 1.29 is 10.2 Å². The highest BCUT2D eigenvalue weighted by Crippen LogP contribution is 2.57. The van der Waals surface area contributed by atoms with Gasteiger partial charge in [0.2, 0.25) is 0 Å². The van der Waals surface area contributed by atoms with Gasteiger partial charge in [0.25, 0.3) is 0 Å². The van der Waals surface area contributed by atoms with Crippen LogP contribution in [-0.4, -0.2) is 15.8 Å². The smallest absolute Gasteiger partial charge is 0.115 e. The Bertz CT molecular complexity index is 534. The van der Waals surface area contributed by atoms with Gasteiger partial charge in [-0.1, -0.05) is 6.07 Å². The van der Waals surface area contributed by atoms with Crippen molar-refractivity contribution in [2.24, 2.45) is 17.8 Å². The molecule has 1 aromatic rings. The van der Waals surface area contributed by atoms with Crippen LogP contribution in [0.25, 0.3) is 0 Å². The minimum absolute atomic E-state index is 0.402. The first-order chi connectivity index (χ1) is 9.56. The molecule has 1 aromatic carbocycles.